The molecule has 0 saturated carbocycles. The molecule has 0 bridgehead atoms. The number of likely N-dealkylation sites (tertiary alicyclic amines) is 1. The Labute approximate surface area is 110 Å². The topological polar surface area (TPSA) is 88.2 Å². The van der Waals surface area contributed by atoms with Gasteiger partial charge in [0.05, 0.1) is 29.4 Å². The van der Waals surface area contributed by atoms with E-state index in [1.165, 1.54) is 0 Å². The van der Waals surface area contributed by atoms with Gasteiger partial charge in [-0.25, -0.2) is 0 Å². The zero-order valence-electron chi connectivity index (χ0n) is 10.7. The highest BCUT2D eigenvalue weighted by Gasteiger charge is 2.30. The first-order chi connectivity index (χ1) is 9.16. The molecule has 1 saturated heterocycles. The Morgan fingerprint density at radius 3 is 3.11 bits per heavy atom. The van der Waals surface area contributed by atoms with Crippen LogP contribution in [0.25, 0.3) is 0 Å². The van der Waals surface area contributed by atoms with Gasteiger partial charge >= 0.3 is 0 Å². The van der Waals surface area contributed by atoms with Gasteiger partial charge in [0.1, 0.15) is 5.76 Å². The molecular formula is C13H16N4O2. The molecular weight excluding hydrogens is 244 g/mol. The number of amides is 1. The van der Waals surface area contributed by atoms with Crippen LogP contribution in [0.5, 0.6) is 0 Å². The number of nitrogens with two attached hydrogens (primary N) is 1. The van der Waals surface area contributed by atoms with E-state index in [4.69, 9.17) is 10.2 Å². The maximum atomic E-state index is 12.3. The molecule has 3 N–H and O–H groups in total. The fourth-order valence-corrected chi connectivity index (χ4v) is 2.59. The number of hydrogen-bond donors (Lipinski definition) is 2. The summed E-state index contributed by atoms with van der Waals surface area (Å²) in [5.74, 6) is 0.917. The van der Waals surface area contributed by atoms with Crippen molar-refractivity contribution in [1.82, 2.24) is 15.1 Å². The second kappa shape index (κ2) is 4.46. The van der Waals surface area contributed by atoms with Gasteiger partial charge in [-0.2, -0.15) is 5.10 Å². The molecule has 3 heterocycles. The first-order valence-corrected chi connectivity index (χ1v) is 6.29. The third kappa shape index (κ3) is 1.99. The van der Waals surface area contributed by atoms with Crippen LogP contribution in [0.2, 0.25) is 0 Å². The second-order valence-electron chi connectivity index (χ2n) is 4.87. The Bertz CT molecular complexity index is 601. The number of aryl methyl sites for hydroxylation is 1. The van der Waals surface area contributed by atoms with Crippen LogP contribution in [-0.2, 0) is 0 Å². The van der Waals surface area contributed by atoms with Gasteiger partial charge in [-0.3, -0.25) is 9.89 Å². The molecule has 0 aliphatic carbocycles. The smallest absolute Gasteiger partial charge is 0.257 e. The van der Waals surface area contributed by atoms with Crippen LogP contribution in [0.15, 0.2) is 22.9 Å². The van der Waals surface area contributed by atoms with E-state index in [1.807, 2.05) is 4.90 Å². The van der Waals surface area contributed by atoms with Gasteiger partial charge in [-0.1, -0.05) is 0 Å². The van der Waals surface area contributed by atoms with Crippen molar-refractivity contribution in [3.05, 3.63) is 35.5 Å². The summed E-state index contributed by atoms with van der Waals surface area (Å²) in [5, 5.41) is 6.85. The summed E-state index contributed by atoms with van der Waals surface area (Å²) in [6, 6.07) is 1.72. The highest BCUT2D eigenvalue weighted by molar-refractivity contribution is 5.95. The van der Waals surface area contributed by atoms with Crippen LogP contribution in [0.1, 0.15) is 34.2 Å². The van der Waals surface area contributed by atoms with Crippen molar-refractivity contribution in [2.75, 3.05) is 18.8 Å². The monoisotopic (exact) mass is 260 g/mol. The summed E-state index contributed by atoms with van der Waals surface area (Å²) in [6.07, 6.45) is 4.05. The number of aromatic nitrogens is 2. The lowest BCUT2D eigenvalue weighted by Crippen LogP contribution is -2.28. The summed E-state index contributed by atoms with van der Waals surface area (Å²) in [6.45, 7) is 3.19. The number of furan rings is 1. The number of rotatable bonds is 2. The van der Waals surface area contributed by atoms with Crippen molar-refractivity contribution in [2.45, 2.75) is 19.3 Å². The van der Waals surface area contributed by atoms with E-state index >= 15 is 0 Å². The van der Waals surface area contributed by atoms with E-state index in [9.17, 15) is 4.79 Å². The zero-order valence-corrected chi connectivity index (χ0v) is 10.7. The molecule has 19 heavy (non-hydrogen) atoms. The summed E-state index contributed by atoms with van der Waals surface area (Å²) in [7, 11) is 0. The molecule has 2 aromatic heterocycles. The minimum atomic E-state index is 0.0202. The SMILES string of the molecule is Cc1occc1C(=O)N1CCC(c2[nH]ncc2N)C1. The molecule has 1 fully saturated rings. The lowest BCUT2D eigenvalue weighted by Gasteiger charge is -2.15. The summed E-state index contributed by atoms with van der Waals surface area (Å²) in [5.41, 5.74) is 8.08. The van der Waals surface area contributed by atoms with Gasteiger partial charge in [0, 0.05) is 19.0 Å². The first kappa shape index (κ1) is 11.8. The number of nitrogens with one attached hydrogen (secondary N) is 1. The van der Waals surface area contributed by atoms with E-state index in [1.54, 1.807) is 25.5 Å². The molecule has 1 unspecified atom stereocenters. The maximum absolute atomic E-state index is 12.3. The van der Waals surface area contributed by atoms with E-state index < -0.39 is 0 Å². The molecule has 0 radical (unpaired) electrons. The molecule has 0 aromatic carbocycles. The van der Waals surface area contributed by atoms with Gasteiger partial charge in [-0.05, 0) is 19.4 Å². The van der Waals surface area contributed by atoms with Gasteiger partial charge in [-0.15, -0.1) is 0 Å². The fourth-order valence-electron chi connectivity index (χ4n) is 2.59. The van der Waals surface area contributed by atoms with Gasteiger partial charge in [0.25, 0.3) is 5.91 Å². The lowest BCUT2D eigenvalue weighted by molar-refractivity contribution is 0.0789. The Morgan fingerprint density at radius 1 is 1.63 bits per heavy atom. The molecule has 1 amide bonds. The number of anilines is 1. The van der Waals surface area contributed by atoms with E-state index in [0.717, 1.165) is 18.7 Å². The number of carbonyl (C=O) groups excluding carboxylic acids is 1. The lowest BCUT2D eigenvalue weighted by atomic mass is 10.0. The Hall–Kier alpha value is -2.24. The van der Waals surface area contributed by atoms with Crippen LogP contribution in [0.3, 0.4) is 0 Å². The number of nitrogens with zero attached hydrogens (tertiary/aromatic N) is 2. The van der Waals surface area contributed by atoms with Crippen LogP contribution in [0.4, 0.5) is 5.69 Å². The standard InChI is InChI=1S/C13H16N4O2/c1-8-10(3-5-19-8)13(18)17-4-2-9(7-17)12-11(14)6-15-16-12/h3,5-6,9H,2,4,7,14H2,1H3,(H,15,16). The molecule has 3 rings (SSSR count). The molecule has 2 aromatic rings. The third-order valence-corrected chi connectivity index (χ3v) is 3.67. The van der Waals surface area contributed by atoms with E-state index in [2.05, 4.69) is 10.2 Å². The number of aromatic amines is 1. The molecule has 1 atom stereocenters. The fraction of sp³-hybridized carbons (Fsp3) is 0.385. The average molecular weight is 260 g/mol. The molecule has 6 nitrogen and oxygen atoms in total. The largest absolute Gasteiger partial charge is 0.469 e. The van der Waals surface area contributed by atoms with Crippen LogP contribution < -0.4 is 5.73 Å². The van der Waals surface area contributed by atoms with Crippen molar-refractivity contribution >= 4 is 11.6 Å². The molecule has 6 heteroatoms. The summed E-state index contributed by atoms with van der Waals surface area (Å²) < 4.78 is 5.18. The predicted molar refractivity (Wildman–Crippen MR) is 69.7 cm³/mol. The Kier molecular flexibility index (Phi) is 2.77. The van der Waals surface area contributed by atoms with Gasteiger partial charge < -0.3 is 15.1 Å². The van der Waals surface area contributed by atoms with Crippen molar-refractivity contribution in [3.8, 4) is 0 Å². The van der Waals surface area contributed by atoms with Gasteiger partial charge in [0.2, 0.25) is 0 Å². The minimum Gasteiger partial charge on any atom is -0.469 e. The second-order valence-corrected chi connectivity index (χ2v) is 4.87. The maximum Gasteiger partial charge on any atom is 0.257 e. The van der Waals surface area contributed by atoms with Crippen molar-refractivity contribution in [2.24, 2.45) is 0 Å². The van der Waals surface area contributed by atoms with Gasteiger partial charge in [0.15, 0.2) is 0 Å². The number of hydrogen-bond acceptors (Lipinski definition) is 4. The molecule has 1 aliphatic heterocycles. The highest BCUT2D eigenvalue weighted by Crippen LogP contribution is 2.30. The normalized spacial score (nSPS) is 19.0. The van der Waals surface area contributed by atoms with E-state index in [0.29, 0.717) is 23.6 Å². The molecule has 0 spiro atoms. The zero-order chi connectivity index (χ0) is 13.4. The summed E-state index contributed by atoms with van der Waals surface area (Å²) >= 11 is 0. The molecule has 1 aliphatic rings. The van der Waals surface area contributed by atoms with Crippen LogP contribution >= 0.6 is 0 Å². The number of nitrogen functional groups attached to an aromatic ring is 1. The molecule has 100 valence electrons. The predicted octanol–water partition coefficient (Wildman–Crippen LogP) is 1.52. The Balaban J connectivity index is 1.75. The Morgan fingerprint density at radius 2 is 2.47 bits per heavy atom. The quantitative estimate of drug-likeness (QED) is 0.857. The summed E-state index contributed by atoms with van der Waals surface area (Å²) in [4.78, 5) is 14.2. The highest BCUT2D eigenvalue weighted by atomic mass is 16.3. The number of carbonyl (C=O) groups is 1. The third-order valence-electron chi connectivity index (χ3n) is 3.67. The van der Waals surface area contributed by atoms with Crippen molar-refractivity contribution in [3.63, 3.8) is 0 Å². The van der Waals surface area contributed by atoms with Crippen LogP contribution in [-0.4, -0.2) is 34.1 Å². The van der Waals surface area contributed by atoms with E-state index in [-0.39, 0.29) is 11.8 Å². The van der Waals surface area contributed by atoms with Crippen molar-refractivity contribution < 1.29 is 9.21 Å². The average Bonchev–Trinajstić information content (AvgIpc) is 3.08. The van der Waals surface area contributed by atoms with Crippen LogP contribution in [0, 0.1) is 6.92 Å². The number of H-pyrrole nitrogens is 1. The van der Waals surface area contributed by atoms with Crippen molar-refractivity contribution in [1.29, 1.82) is 0 Å². The minimum absolute atomic E-state index is 0.0202. The first-order valence-electron chi connectivity index (χ1n) is 6.29.